The highest BCUT2D eigenvalue weighted by Gasteiger charge is 2.17. The van der Waals surface area contributed by atoms with Crippen LogP contribution in [0.5, 0.6) is 0 Å². The summed E-state index contributed by atoms with van der Waals surface area (Å²) >= 11 is 0. The zero-order valence-electron chi connectivity index (χ0n) is 26.2. The van der Waals surface area contributed by atoms with Gasteiger partial charge in [-0.3, -0.25) is 0 Å². The van der Waals surface area contributed by atoms with Gasteiger partial charge in [-0.25, -0.2) is 9.97 Å². The van der Waals surface area contributed by atoms with Gasteiger partial charge in [-0.05, 0) is 66.7 Å². The first-order chi connectivity index (χ1) is 23.8. The first-order valence-corrected chi connectivity index (χ1v) is 16.3. The maximum Gasteiger partial charge on any atom is 0.160 e. The Morgan fingerprint density at radius 3 is 1.44 bits per heavy atom. The molecule has 0 aliphatic heterocycles. The summed E-state index contributed by atoms with van der Waals surface area (Å²) in [6.07, 6.45) is 0. The Hall–Kier alpha value is -6.38. The van der Waals surface area contributed by atoms with Gasteiger partial charge >= 0.3 is 0 Å². The van der Waals surface area contributed by atoms with E-state index in [0.717, 1.165) is 28.1 Å². The summed E-state index contributed by atoms with van der Waals surface area (Å²) in [4.78, 5) is 10.5. The van der Waals surface area contributed by atoms with Crippen molar-refractivity contribution in [3.63, 3.8) is 0 Å². The van der Waals surface area contributed by atoms with E-state index in [1.807, 2.05) is 12.1 Å². The molecular formula is C46H30N2. The van der Waals surface area contributed by atoms with E-state index in [2.05, 4.69) is 170 Å². The lowest BCUT2D eigenvalue weighted by molar-refractivity contribution is 1.19. The average molecular weight is 611 g/mol. The van der Waals surface area contributed by atoms with Crippen molar-refractivity contribution in [2.24, 2.45) is 0 Å². The van der Waals surface area contributed by atoms with Gasteiger partial charge < -0.3 is 0 Å². The monoisotopic (exact) mass is 610 g/mol. The van der Waals surface area contributed by atoms with Gasteiger partial charge in [0, 0.05) is 16.7 Å². The fourth-order valence-electron chi connectivity index (χ4n) is 6.85. The molecule has 0 amide bonds. The summed E-state index contributed by atoms with van der Waals surface area (Å²) in [7, 11) is 0. The molecule has 2 heteroatoms. The molecule has 9 rings (SSSR count). The standard InChI is InChI=1S/C46H30N2/c1-3-11-31(12-4-1)33-19-23-36(24-20-33)43-30-44(48-46(47-43)37-25-21-34(22-26-37)32-13-5-2-6-14-32)45-40-18-10-8-16-38(40)29-42-39-17-9-7-15-35(39)27-28-41(42)45/h1-30H. The molecule has 48 heavy (non-hydrogen) atoms. The minimum atomic E-state index is 0.705. The van der Waals surface area contributed by atoms with E-state index in [1.54, 1.807) is 0 Å². The van der Waals surface area contributed by atoms with Gasteiger partial charge in [0.15, 0.2) is 5.82 Å². The Labute approximate surface area is 279 Å². The highest BCUT2D eigenvalue weighted by atomic mass is 14.9. The molecule has 0 radical (unpaired) electrons. The van der Waals surface area contributed by atoms with Crippen LogP contribution in [0.25, 0.3) is 88.5 Å². The normalized spacial score (nSPS) is 11.3. The molecule has 9 aromatic rings. The summed E-state index contributed by atoms with van der Waals surface area (Å²) in [5.74, 6) is 0.705. The van der Waals surface area contributed by atoms with Crippen molar-refractivity contribution in [1.29, 1.82) is 0 Å². The van der Waals surface area contributed by atoms with Crippen LogP contribution in [0.4, 0.5) is 0 Å². The molecule has 0 N–H and O–H groups in total. The summed E-state index contributed by atoms with van der Waals surface area (Å²) in [6, 6.07) is 64.5. The van der Waals surface area contributed by atoms with Crippen LogP contribution in [0, 0.1) is 0 Å². The second kappa shape index (κ2) is 11.8. The van der Waals surface area contributed by atoms with Gasteiger partial charge in [0.2, 0.25) is 0 Å². The van der Waals surface area contributed by atoms with E-state index in [0.29, 0.717) is 5.82 Å². The highest BCUT2D eigenvalue weighted by Crippen LogP contribution is 2.40. The van der Waals surface area contributed by atoms with Gasteiger partial charge in [-0.15, -0.1) is 0 Å². The maximum atomic E-state index is 5.34. The minimum absolute atomic E-state index is 0.705. The fraction of sp³-hybridized carbons (Fsp3) is 0. The third-order valence-electron chi connectivity index (χ3n) is 9.29. The molecule has 2 nitrogen and oxygen atoms in total. The van der Waals surface area contributed by atoms with Crippen LogP contribution < -0.4 is 0 Å². The summed E-state index contributed by atoms with van der Waals surface area (Å²) in [5.41, 5.74) is 9.68. The minimum Gasteiger partial charge on any atom is -0.228 e. The Bertz CT molecular complexity index is 2470. The highest BCUT2D eigenvalue weighted by molar-refractivity contribution is 6.19. The predicted molar refractivity (Wildman–Crippen MR) is 202 cm³/mol. The quantitative estimate of drug-likeness (QED) is 0.143. The van der Waals surface area contributed by atoms with Crippen molar-refractivity contribution in [3.05, 3.63) is 182 Å². The van der Waals surface area contributed by atoms with Crippen LogP contribution in [-0.4, -0.2) is 9.97 Å². The van der Waals surface area contributed by atoms with Crippen molar-refractivity contribution in [2.75, 3.05) is 0 Å². The zero-order valence-corrected chi connectivity index (χ0v) is 26.2. The van der Waals surface area contributed by atoms with E-state index < -0.39 is 0 Å². The van der Waals surface area contributed by atoms with E-state index in [-0.39, 0.29) is 0 Å². The van der Waals surface area contributed by atoms with Gasteiger partial charge in [-0.2, -0.15) is 0 Å². The molecule has 0 saturated heterocycles. The number of hydrogen-bond donors (Lipinski definition) is 0. The molecule has 0 fully saturated rings. The summed E-state index contributed by atoms with van der Waals surface area (Å²) in [6.45, 7) is 0. The predicted octanol–water partition coefficient (Wildman–Crippen LogP) is 12.3. The lowest BCUT2D eigenvalue weighted by Crippen LogP contribution is -1.97. The molecule has 0 atom stereocenters. The molecule has 0 aliphatic carbocycles. The molecule has 1 aromatic heterocycles. The van der Waals surface area contributed by atoms with Gasteiger partial charge in [-0.1, -0.05) is 170 Å². The second-order valence-corrected chi connectivity index (χ2v) is 12.2. The molecular weight excluding hydrogens is 581 g/mol. The Morgan fingerprint density at radius 1 is 0.271 bits per heavy atom. The molecule has 224 valence electrons. The summed E-state index contributed by atoms with van der Waals surface area (Å²) in [5, 5.41) is 7.24. The van der Waals surface area contributed by atoms with Crippen molar-refractivity contribution in [2.45, 2.75) is 0 Å². The Morgan fingerprint density at radius 2 is 0.771 bits per heavy atom. The van der Waals surface area contributed by atoms with Crippen LogP contribution in [0.1, 0.15) is 0 Å². The zero-order chi connectivity index (χ0) is 31.9. The number of aromatic nitrogens is 2. The largest absolute Gasteiger partial charge is 0.228 e. The average Bonchev–Trinajstić information content (AvgIpc) is 3.17. The third-order valence-corrected chi connectivity index (χ3v) is 9.29. The van der Waals surface area contributed by atoms with Crippen LogP contribution in [-0.2, 0) is 0 Å². The van der Waals surface area contributed by atoms with E-state index >= 15 is 0 Å². The fourth-order valence-corrected chi connectivity index (χ4v) is 6.85. The van der Waals surface area contributed by atoms with Crippen LogP contribution in [0.3, 0.4) is 0 Å². The maximum absolute atomic E-state index is 5.34. The SMILES string of the molecule is c1ccc(-c2ccc(-c3cc(-c4c5ccccc5cc5c4ccc4ccccc45)nc(-c4ccc(-c5ccccc5)cc4)n3)cc2)cc1. The molecule has 0 saturated carbocycles. The lowest BCUT2D eigenvalue weighted by Gasteiger charge is -2.15. The Kier molecular flexibility index (Phi) is 6.84. The van der Waals surface area contributed by atoms with Crippen LogP contribution in [0.15, 0.2) is 182 Å². The van der Waals surface area contributed by atoms with E-state index in [4.69, 9.17) is 9.97 Å². The molecule has 0 aliphatic rings. The number of hydrogen-bond acceptors (Lipinski definition) is 2. The molecule has 8 aromatic carbocycles. The van der Waals surface area contributed by atoms with Crippen molar-refractivity contribution >= 4 is 32.3 Å². The number of benzene rings is 8. The topological polar surface area (TPSA) is 25.8 Å². The summed E-state index contributed by atoms with van der Waals surface area (Å²) < 4.78 is 0. The number of fused-ring (bicyclic) bond motifs is 4. The van der Waals surface area contributed by atoms with Crippen LogP contribution >= 0.6 is 0 Å². The first kappa shape index (κ1) is 27.9. The van der Waals surface area contributed by atoms with Gasteiger partial charge in [0.1, 0.15) is 0 Å². The van der Waals surface area contributed by atoms with Crippen LogP contribution in [0.2, 0.25) is 0 Å². The van der Waals surface area contributed by atoms with Crippen molar-refractivity contribution in [3.8, 4) is 56.2 Å². The van der Waals surface area contributed by atoms with Crippen molar-refractivity contribution < 1.29 is 0 Å². The lowest BCUT2D eigenvalue weighted by atomic mass is 9.91. The molecule has 0 spiro atoms. The third kappa shape index (κ3) is 5.01. The van der Waals surface area contributed by atoms with E-state index in [1.165, 1.54) is 54.6 Å². The smallest absolute Gasteiger partial charge is 0.160 e. The molecule has 0 bridgehead atoms. The number of rotatable bonds is 5. The number of nitrogens with zero attached hydrogens (tertiary/aromatic N) is 2. The van der Waals surface area contributed by atoms with Gasteiger partial charge in [0.25, 0.3) is 0 Å². The van der Waals surface area contributed by atoms with Gasteiger partial charge in [0.05, 0.1) is 11.4 Å². The molecule has 1 heterocycles. The Balaban J connectivity index is 1.27. The van der Waals surface area contributed by atoms with E-state index in [9.17, 15) is 0 Å². The van der Waals surface area contributed by atoms with Crippen molar-refractivity contribution in [1.82, 2.24) is 9.97 Å². The molecule has 0 unspecified atom stereocenters. The first-order valence-electron chi connectivity index (χ1n) is 16.3. The second-order valence-electron chi connectivity index (χ2n) is 12.2.